The van der Waals surface area contributed by atoms with Crippen molar-refractivity contribution in [3.8, 4) is 0 Å². The van der Waals surface area contributed by atoms with Gasteiger partial charge in [-0.1, -0.05) is 171 Å². The highest BCUT2D eigenvalue weighted by atomic mass is 16.6. The molecule has 0 heterocycles. The Balaban J connectivity index is 2.33. The molecule has 0 aromatic heterocycles. The Kier molecular flexibility index (Phi) is 33.9. The number of esters is 3. The van der Waals surface area contributed by atoms with E-state index >= 15 is 0 Å². The van der Waals surface area contributed by atoms with Crippen LogP contribution in [0, 0.1) is 0 Å². The first-order valence-corrected chi connectivity index (χ1v) is 22.3. The van der Waals surface area contributed by atoms with Crippen LogP contribution in [0.1, 0.15) is 199 Å². The van der Waals surface area contributed by atoms with Crippen LogP contribution in [0.4, 0.5) is 0 Å². The van der Waals surface area contributed by atoms with Crippen molar-refractivity contribution in [1.29, 1.82) is 0 Å². The van der Waals surface area contributed by atoms with Gasteiger partial charge in [-0.05, 0) is 75.8 Å². The quantitative estimate of drug-likeness (QED) is 0.0236. The van der Waals surface area contributed by atoms with Crippen LogP contribution in [-0.2, 0) is 28.6 Å². The van der Waals surface area contributed by atoms with Crippen molar-refractivity contribution < 1.29 is 28.6 Å². The van der Waals surface area contributed by atoms with Crippen molar-refractivity contribution in [3.63, 3.8) is 0 Å². The van der Waals surface area contributed by atoms with Crippen molar-refractivity contribution in [2.75, 3.05) is 13.2 Å². The summed E-state index contributed by atoms with van der Waals surface area (Å²) in [7, 11) is 0. The molecule has 0 amide bonds. The predicted octanol–water partition coefficient (Wildman–Crippen LogP) is 13.1. The molecular formula is C48H79NO6. The number of hydrogen-bond acceptors (Lipinski definition) is 7. The van der Waals surface area contributed by atoms with Crippen LogP contribution in [0.2, 0.25) is 0 Å². The Labute approximate surface area is 336 Å². The summed E-state index contributed by atoms with van der Waals surface area (Å²) in [4.78, 5) is 37.9. The fraction of sp³-hybridized carbons (Fsp3) is 0.688. The van der Waals surface area contributed by atoms with Crippen molar-refractivity contribution in [1.82, 2.24) is 0 Å². The summed E-state index contributed by atoms with van der Waals surface area (Å²) in [6.45, 7) is 4.09. The molecule has 0 saturated carbocycles. The number of rotatable bonds is 37. The normalized spacial score (nSPS) is 12.4. The molecular weight excluding hydrogens is 687 g/mol. The van der Waals surface area contributed by atoms with Crippen LogP contribution in [-0.4, -0.2) is 37.2 Å². The van der Waals surface area contributed by atoms with E-state index < -0.39 is 12.1 Å². The summed E-state index contributed by atoms with van der Waals surface area (Å²) in [5, 5.41) is 0. The average molecular weight is 766 g/mol. The van der Waals surface area contributed by atoms with E-state index in [0.29, 0.717) is 6.42 Å². The zero-order valence-electron chi connectivity index (χ0n) is 35.1. The summed E-state index contributed by atoms with van der Waals surface area (Å²) in [5.74, 6) is -1.45. The van der Waals surface area contributed by atoms with Gasteiger partial charge in [0.15, 0.2) is 6.10 Å². The monoisotopic (exact) mass is 766 g/mol. The molecule has 7 nitrogen and oxygen atoms in total. The maximum atomic E-state index is 12.7. The first kappa shape index (κ1) is 49.7. The molecule has 1 atom stereocenters. The third-order valence-electron chi connectivity index (χ3n) is 9.77. The molecule has 0 bridgehead atoms. The molecule has 312 valence electrons. The standard InChI is InChI=1S/C48H79NO6/c1-3-5-7-9-11-13-15-17-19-21-23-25-27-29-34-38-46(50)53-41-44(42-54-48(52)45(49)40-43-36-32-31-33-37-43)55-47(51)39-35-30-28-26-24-22-20-18-16-14-12-10-8-6-4-2/h17-20,31-33,36-37,40,44H,3-16,21-30,34-35,38-39,41-42,49H2,1-2H3/b19-17+,20-18+,45-40-/t44-/m1/s1. The molecule has 1 aromatic carbocycles. The molecule has 0 unspecified atom stereocenters. The van der Waals surface area contributed by atoms with E-state index in [2.05, 4.69) is 38.2 Å². The van der Waals surface area contributed by atoms with Gasteiger partial charge in [0.1, 0.15) is 18.9 Å². The van der Waals surface area contributed by atoms with Gasteiger partial charge in [0.2, 0.25) is 0 Å². The topological polar surface area (TPSA) is 105 Å². The fourth-order valence-corrected chi connectivity index (χ4v) is 6.34. The molecule has 7 heteroatoms. The van der Waals surface area contributed by atoms with Crippen LogP contribution in [0.15, 0.2) is 60.3 Å². The van der Waals surface area contributed by atoms with Gasteiger partial charge in [-0.15, -0.1) is 0 Å². The van der Waals surface area contributed by atoms with E-state index in [0.717, 1.165) is 76.2 Å². The lowest BCUT2D eigenvalue weighted by Gasteiger charge is -2.18. The summed E-state index contributed by atoms with van der Waals surface area (Å²) in [6.07, 6.45) is 41.3. The number of allylic oxidation sites excluding steroid dienone is 4. The number of unbranched alkanes of at least 4 members (excludes halogenated alkanes) is 22. The van der Waals surface area contributed by atoms with Crippen molar-refractivity contribution in [3.05, 3.63) is 65.9 Å². The average Bonchev–Trinajstić information content (AvgIpc) is 3.19. The Bertz CT molecular complexity index is 1160. The minimum atomic E-state index is -0.901. The Hall–Kier alpha value is -3.35. The Morgan fingerprint density at radius 3 is 1.40 bits per heavy atom. The maximum Gasteiger partial charge on any atom is 0.354 e. The lowest BCUT2D eigenvalue weighted by molar-refractivity contribution is -0.165. The molecule has 0 aliphatic rings. The van der Waals surface area contributed by atoms with E-state index in [1.807, 2.05) is 30.3 Å². The van der Waals surface area contributed by atoms with E-state index in [-0.39, 0.29) is 37.3 Å². The molecule has 1 aromatic rings. The zero-order chi connectivity index (χ0) is 39.9. The number of carbonyl (C=O) groups is 3. The van der Waals surface area contributed by atoms with E-state index in [4.69, 9.17) is 19.9 Å². The minimum absolute atomic E-state index is 0.0641. The second kappa shape index (κ2) is 37.6. The molecule has 55 heavy (non-hydrogen) atoms. The van der Waals surface area contributed by atoms with E-state index in [1.165, 1.54) is 102 Å². The van der Waals surface area contributed by atoms with Crippen LogP contribution in [0.5, 0.6) is 0 Å². The fourth-order valence-electron chi connectivity index (χ4n) is 6.34. The molecule has 0 radical (unpaired) electrons. The number of carbonyl (C=O) groups excluding carboxylic acids is 3. The van der Waals surface area contributed by atoms with Crippen LogP contribution < -0.4 is 5.73 Å². The molecule has 1 rings (SSSR count). The molecule has 0 aliphatic carbocycles. The number of benzene rings is 1. The number of hydrogen-bond donors (Lipinski definition) is 1. The number of nitrogens with two attached hydrogens (primary N) is 1. The third kappa shape index (κ3) is 32.6. The predicted molar refractivity (Wildman–Crippen MR) is 229 cm³/mol. The first-order chi connectivity index (χ1) is 27.0. The van der Waals surface area contributed by atoms with Gasteiger partial charge in [-0.25, -0.2) is 4.79 Å². The van der Waals surface area contributed by atoms with Gasteiger partial charge in [0.05, 0.1) is 0 Å². The molecule has 0 fully saturated rings. The van der Waals surface area contributed by atoms with Gasteiger partial charge >= 0.3 is 17.9 Å². The van der Waals surface area contributed by atoms with Crippen molar-refractivity contribution in [2.45, 2.75) is 200 Å². The highest BCUT2D eigenvalue weighted by Crippen LogP contribution is 2.13. The molecule has 0 spiro atoms. The lowest BCUT2D eigenvalue weighted by Crippen LogP contribution is -2.31. The lowest BCUT2D eigenvalue weighted by atomic mass is 10.1. The summed E-state index contributed by atoms with van der Waals surface area (Å²) < 4.78 is 16.5. The molecule has 0 saturated heterocycles. The first-order valence-electron chi connectivity index (χ1n) is 22.3. The minimum Gasteiger partial charge on any atom is -0.462 e. The van der Waals surface area contributed by atoms with Gasteiger partial charge in [-0.2, -0.15) is 0 Å². The SMILES string of the molecule is CCCCCCCC/C=C/CCCCCCCC(=O)OC[C@H](COC(=O)/C(N)=C/c1ccccc1)OC(=O)CCCCCCC/C=C/CCCCCCCC. The summed E-state index contributed by atoms with van der Waals surface area (Å²) >= 11 is 0. The third-order valence-corrected chi connectivity index (χ3v) is 9.77. The van der Waals surface area contributed by atoms with Crippen molar-refractivity contribution in [2.24, 2.45) is 5.73 Å². The van der Waals surface area contributed by atoms with Crippen LogP contribution in [0.3, 0.4) is 0 Å². The van der Waals surface area contributed by atoms with E-state index in [1.54, 1.807) is 0 Å². The van der Waals surface area contributed by atoms with Gasteiger partial charge in [0, 0.05) is 12.8 Å². The highest BCUT2D eigenvalue weighted by molar-refractivity contribution is 5.92. The largest absolute Gasteiger partial charge is 0.462 e. The summed E-state index contributed by atoms with van der Waals surface area (Å²) in [6, 6.07) is 9.23. The zero-order valence-corrected chi connectivity index (χ0v) is 35.1. The highest BCUT2D eigenvalue weighted by Gasteiger charge is 2.20. The van der Waals surface area contributed by atoms with Crippen LogP contribution >= 0.6 is 0 Å². The van der Waals surface area contributed by atoms with Crippen LogP contribution in [0.25, 0.3) is 6.08 Å². The maximum absolute atomic E-state index is 12.7. The molecule has 0 aliphatic heterocycles. The summed E-state index contributed by atoms with van der Waals surface area (Å²) in [5.41, 5.74) is 6.67. The second-order valence-corrected chi connectivity index (χ2v) is 15.1. The second-order valence-electron chi connectivity index (χ2n) is 15.1. The van der Waals surface area contributed by atoms with E-state index in [9.17, 15) is 14.4 Å². The molecule has 2 N–H and O–H groups in total. The van der Waals surface area contributed by atoms with Gasteiger partial charge in [-0.3, -0.25) is 9.59 Å². The smallest absolute Gasteiger partial charge is 0.354 e. The Morgan fingerprint density at radius 1 is 0.527 bits per heavy atom. The Morgan fingerprint density at radius 2 is 0.927 bits per heavy atom. The van der Waals surface area contributed by atoms with Gasteiger partial charge < -0.3 is 19.9 Å². The van der Waals surface area contributed by atoms with Crippen molar-refractivity contribution >= 4 is 24.0 Å². The van der Waals surface area contributed by atoms with Gasteiger partial charge in [0.25, 0.3) is 0 Å². The number of ether oxygens (including phenoxy) is 3.